The standard InChI is InChI=1S/C17H20N2O3/c1-11(15(20)18-12-7-3-2-4-8-12)19-16(21)13-9-5-6-10-14(13)17(19)22/h2-4,7-8,11,13-14H,5-6,9-10H2,1H3,(H,18,20). The van der Waals surface area contributed by atoms with Crippen molar-refractivity contribution in [2.75, 3.05) is 5.32 Å². The van der Waals surface area contributed by atoms with Gasteiger partial charge in [0.1, 0.15) is 6.04 Å². The Labute approximate surface area is 129 Å². The number of carbonyl (C=O) groups is 3. The van der Waals surface area contributed by atoms with Crippen LogP contribution in [0, 0.1) is 11.8 Å². The predicted octanol–water partition coefficient (Wildman–Crippen LogP) is 2.19. The summed E-state index contributed by atoms with van der Waals surface area (Å²) in [7, 11) is 0. The van der Waals surface area contributed by atoms with E-state index >= 15 is 0 Å². The van der Waals surface area contributed by atoms with Crippen molar-refractivity contribution in [2.24, 2.45) is 11.8 Å². The van der Waals surface area contributed by atoms with Crippen molar-refractivity contribution >= 4 is 23.4 Å². The van der Waals surface area contributed by atoms with Crippen LogP contribution >= 0.6 is 0 Å². The number of fused-ring (bicyclic) bond motifs is 1. The van der Waals surface area contributed by atoms with Crippen molar-refractivity contribution in [3.05, 3.63) is 30.3 Å². The van der Waals surface area contributed by atoms with Gasteiger partial charge in [-0.05, 0) is 31.9 Å². The van der Waals surface area contributed by atoms with Crippen molar-refractivity contribution in [1.29, 1.82) is 0 Å². The lowest BCUT2D eigenvalue weighted by Gasteiger charge is -2.22. The normalized spacial score (nSPS) is 25.8. The molecule has 22 heavy (non-hydrogen) atoms. The summed E-state index contributed by atoms with van der Waals surface area (Å²) in [5.41, 5.74) is 0.663. The molecular weight excluding hydrogens is 280 g/mol. The van der Waals surface area contributed by atoms with Gasteiger partial charge in [0, 0.05) is 5.69 Å². The van der Waals surface area contributed by atoms with E-state index in [2.05, 4.69) is 5.32 Å². The average Bonchev–Trinajstić information content (AvgIpc) is 2.79. The minimum Gasteiger partial charge on any atom is -0.324 e. The molecule has 1 saturated heterocycles. The van der Waals surface area contributed by atoms with Crippen LogP contribution in [0.15, 0.2) is 30.3 Å². The van der Waals surface area contributed by atoms with Crippen molar-refractivity contribution < 1.29 is 14.4 Å². The molecule has 3 unspecified atom stereocenters. The smallest absolute Gasteiger partial charge is 0.247 e. The van der Waals surface area contributed by atoms with Crippen LogP contribution in [0.2, 0.25) is 0 Å². The first kappa shape index (κ1) is 14.8. The Morgan fingerprint density at radius 1 is 1.09 bits per heavy atom. The SMILES string of the molecule is CC(C(=O)Nc1ccccc1)N1C(=O)C2CCCCC2C1=O. The van der Waals surface area contributed by atoms with Crippen molar-refractivity contribution in [1.82, 2.24) is 4.90 Å². The summed E-state index contributed by atoms with van der Waals surface area (Å²) < 4.78 is 0. The van der Waals surface area contributed by atoms with Crippen molar-refractivity contribution in [2.45, 2.75) is 38.6 Å². The highest BCUT2D eigenvalue weighted by Gasteiger charge is 2.50. The van der Waals surface area contributed by atoms with E-state index in [0.29, 0.717) is 5.69 Å². The lowest BCUT2D eigenvalue weighted by atomic mass is 9.81. The van der Waals surface area contributed by atoms with Crippen LogP contribution in [-0.2, 0) is 14.4 Å². The summed E-state index contributed by atoms with van der Waals surface area (Å²) in [6.07, 6.45) is 3.49. The second-order valence-corrected chi connectivity index (χ2v) is 6.08. The van der Waals surface area contributed by atoms with Gasteiger partial charge in [-0.15, -0.1) is 0 Å². The number of nitrogens with one attached hydrogen (secondary N) is 1. The molecule has 1 aromatic carbocycles. The maximum Gasteiger partial charge on any atom is 0.247 e. The number of hydrogen-bond donors (Lipinski definition) is 1. The first-order valence-corrected chi connectivity index (χ1v) is 7.82. The predicted molar refractivity (Wildman–Crippen MR) is 81.8 cm³/mol. The molecule has 116 valence electrons. The van der Waals surface area contributed by atoms with Gasteiger partial charge in [-0.1, -0.05) is 31.0 Å². The monoisotopic (exact) mass is 300 g/mol. The lowest BCUT2D eigenvalue weighted by molar-refractivity contribution is -0.146. The van der Waals surface area contributed by atoms with Gasteiger partial charge < -0.3 is 5.32 Å². The van der Waals surface area contributed by atoms with E-state index < -0.39 is 6.04 Å². The highest BCUT2D eigenvalue weighted by Crippen LogP contribution is 2.38. The number of likely N-dealkylation sites (tertiary alicyclic amines) is 1. The van der Waals surface area contributed by atoms with Crippen molar-refractivity contribution in [3.63, 3.8) is 0 Å². The summed E-state index contributed by atoms with van der Waals surface area (Å²) >= 11 is 0. The molecule has 1 saturated carbocycles. The zero-order valence-corrected chi connectivity index (χ0v) is 12.6. The van der Waals surface area contributed by atoms with Gasteiger partial charge >= 0.3 is 0 Å². The highest BCUT2D eigenvalue weighted by atomic mass is 16.2. The number of nitrogens with zero attached hydrogens (tertiary/aromatic N) is 1. The van der Waals surface area contributed by atoms with Crippen LogP contribution in [0.1, 0.15) is 32.6 Å². The molecule has 3 atom stereocenters. The number of amides is 3. The number of benzene rings is 1. The molecule has 0 aromatic heterocycles. The molecule has 2 aliphatic rings. The van der Waals surface area contributed by atoms with E-state index in [1.54, 1.807) is 19.1 Å². The molecule has 1 aliphatic carbocycles. The maximum absolute atomic E-state index is 12.5. The summed E-state index contributed by atoms with van der Waals surface area (Å²) in [4.78, 5) is 38.5. The summed E-state index contributed by atoms with van der Waals surface area (Å²) in [6.45, 7) is 1.62. The van der Waals surface area contributed by atoms with Crippen LogP contribution in [0.25, 0.3) is 0 Å². The minimum atomic E-state index is -0.772. The van der Waals surface area contributed by atoms with Gasteiger partial charge in [-0.25, -0.2) is 0 Å². The number of carbonyl (C=O) groups excluding carboxylic acids is 3. The van der Waals surface area contributed by atoms with E-state index in [1.807, 2.05) is 18.2 Å². The number of hydrogen-bond acceptors (Lipinski definition) is 3. The van der Waals surface area contributed by atoms with Crippen LogP contribution in [0.5, 0.6) is 0 Å². The molecule has 5 heteroatoms. The van der Waals surface area contributed by atoms with E-state index in [-0.39, 0.29) is 29.6 Å². The minimum absolute atomic E-state index is 0.176. The number of rotatable bonds is 3. The first-order valence-electron chi connectivity index (χ1n) is 7.82. The zero-order valence-electron chi connectivity index (χ0n) is 12.6. The molecule has 0 radical (unpaired) electrons. The topological polar surface area (TPSA) is 66.5 Å². The number of anilines is 1. The summed E-state index contributed by atoms with van der Waals surface area (Å²) in [5, 5.41) is 2.76. The fourth-order valence-electron chi connectivity index (χ4n) is 3.46. The van der Waals surface area contributed by atoms with E-state index in [1.165, 1.54) is 4.90 Å². The van der Waals surface area contributed by atoms with Crippen LogP contribution < -0.4 is 5.32 Å². The van der Waals surface area contributed by atoms with Gasteiger partial charge in [0.15, 0.2) is 0 Å². The van der Waals surface area contributed by atoms with Crippen LogP contribution in [0.3, 0.4) is 0 Å². The molecule has 1 heterocycles. The molecule has 3 amide bonds. The second kappa shape index (κ2) is 5.91. The van der Waals surface area contributed by atoms with E-state index in [4.69, 9.17) is 0 Å². The third-order valence-electron chi connectivity index (χ3n) is 4.68. The Balaban J connectivity index is 1.74. The highest BCUT2D eigenvalue weighted by molar-refractivity contribution is 6.09. The van der Waals surface area contributed by atoms with Gasteiger partial charge in [-0.2, -0.15) is 0 Å². The first-order chi connectivity index (χ1) is 10.6. The Bertz CT molecular complexity index is 575. The van der Waals surface area contributed by atoms with Gasteiger partial charge in [0.25, 0.3) is 0 Å². The third-order valence-corrected chi connectivity index (χ3v) is 4.68. The largest absolute Gasteiger partial charge is 0.324 e. The van der Waals surface area contributed by atoms with E-state index in [9.17, 15) is 14.4 Å². The lowest BCUT2D eigenvalue weighted by Crippen LogP contribution is -2.46. The van der Waals surface area contributed by atoms with Gasteiger partial charge in [-0.3, -0.25) is 19.3 Å². The molecule has 5 nitrogen and oxygen atoms in total. The number of para-hydroxylation sites is 1. The quantitative estimate of drug-likeness (QED) is 0.870. The Hall–Kier alpha value is -2.17. The molecule has 2 fully saturated rings. The van der Waals surface area contributed by atoms with Gasteiger partial charge in [0.2, 0.25) is 17.7 Å². The second-order valence-electron chi connectivity index (χ2n) is 6.08. The molecule has 1 aromatic rings. The van der Waals surface area contributed by atoms with Crippen LogP contribution in [-0.4, -0.2) is 28.7 Å². The van der Waals surface area contributed by atoms with Crippen molar-refractivity contribution in [3.8, 4) is 0 Å². The summed E-state index contributed by atoms with van der Waals surface area (Å²) in [6, 6.07) is 8.28. The molecular formula is C17H20N2O3. The van der Waals surface area contributed by atoms with E-state index in [0.717, 1.165) is 25.7 Å². The maximum atomic E-state index is 12.5. The molecule has 1 N–H and O–H groups in total. The molecule has 1 aliphatic heterocycles. The van der Waals surface area contributed by atoms with Gasteiger partial charge in [0.05, 0.1) is 11.8 Å². The summed E-state index contributed by atoms with van der Waals surface area (Å²) in [5.74, 6) is -1.11. The molecule has 3 rings (SSSR count). The Morgan fingerprint density at radius 3 is 2.18 bits per heavy atom. The fourth-order valence-corrected chi connectivity index (χ4v) is 3.46. The number of imide groups is 1. The van der Waals surface area contributed by atoms with Crippen LogP contribution in [0.4, 0.5) is 5.69 Å². The molecule has 0 spiro atoms. The fraction of sp³-hybridized carbons (Fsp3) is 0.471. The molecule has 0 bridgehead atoms. The zero-order chi connectivity index (χ0) is 15.7. The Morgan fingerprint density at radius 2 is 1.64 bits per heavy atom. The average molecular weight is 300 g/mol. The third kappa shape index (κ3) is 2.51. The Kier molecular flexibility index (Phi) is 3.96.